The Morgan fingerprint density at radius 3 is 2.96 bits per heavy atom. The molecule has 0 saturated carbocycles. The Hall–Kier alpha value is -1.80. The van der Waals surface area contributed by atoms with Crippen LogP contribution in [-0.2, 0) is 22.6 Å². The van der Waals surface area contributed by atoms with Crippen molar-refractivity contribution in [2.45, 2.75) is 51.6 Å². The van der Waals surface area contributed by atoms with Crippen molar-refractivity contribution in [2.24, 2.45) is 0 Å². The van der Waals surface area contributed by atoms with Gasteiger partial charge in [-0.05, 0) is 42.5 Å². The van der Waals surface area contributed by atoms with E-state index in [0.717, 1.165) is 45.1 Å². The maximum absolute atomic E-state index is 12.0. The third kappa shape index (κ3) is 5.89. The average Bonchev–Trinajstić information content (AvgIpc) is 3.09. The Morgan fingerprint density at radius 1 is 1.28 bits per heavy atom. The lowest BCUT2D eigenvalue weighted by Gasteiger charge is -2.25. The molecule has 1 aromatic rings. The van der Waals surface area contributed by atoms with Crippen LogP contribution in [0.5, 0.6) is 0 Å². The van der Waals surface area contributed by atoms with Crippen molar-refractivity contribution in [3.05, 3.63) is 17.5 Å². The molecule has 138 valence electrons. The highest BCUT2D eigenvalue weighted by molar-refractivity contribution is 5.75. The van der Waals surface area contributed by atoms with Crippen molar-refractivity contribution in [3.63, 3.8) is 0 Å². The summed E-state index contributed by atoms with van der Waals surface area (Å²) in [6.45, 7) is 5.22. The van der Waals surface area contributed by atoms with E-state index in [-0.39, 0.29) is 5.91 Å². The highest BCUT2D eigenvalue weighted by Gasteiger charge is 2.15. The summed E-state index contributed by atoms with van der Waals surface area (Å²) in [6, 6.07) is 0. The van der Waals surface area contributed by atoms with Crippen molar-refractivity contribution in [1.29, 1.82) is 0 Å². The van der Waals surface area contributed by atoms with E-state index in [1.807, 2.05) is 0 Å². The molecule has 1 aliphatic carbocycles. The number of allylic oxidation sites excluding steroid dienone is 1. The maximum atomic E-state index is 12.0. The molecule has 1 fully saturated rings. The van der Waals surface area contributed by atoms with E-state index in [1.54, 1.807) is 4.68 Å². The second kappa shape index (κ2) is 9.62. The van der Waals surface area contributed by atoms with E-state index >= 15 is 0 Å². The molecule has 0 bridgehead atoms. The fraction of sp³-hybridized carbons (Fsp3) is 0.765. The molecule has 1 aliphatic heterocycles. The van der Waals surface area contributed by atoms with Crippen LogP contribution in [0.15, 0.2) is 11.6 Å². The summed E-state index contributed by atoms with van der Waals surface area (Å²) in [5.74, 6) is 0.867. The zero-order valence-electron chi connectivity index (χ0n) is 14.8. The monoisotopic (exact) mass is 348 g/mol. The molecule has 25 heavy (non-hydrogen) atoms. The Bertz CT molecular complexity index is 579. The van der Waals surface area contributed by atoms with Gasteiger partial charge in [0.25, 0.3) is 0 Å². The molecule has 1 amide bonds. The first-order valence-electron chi connectivity index (χ1n) is 9.31. The Labute approximate surface area is 148 Å². The molecule has 0 atom stereocenters. The number of rotatable bonds is 8. The number of nitrogens with one attached hydrogen (secondary N) is 1. The highest BCUT2D eigenvalue weighted by Crippen LogP contribution is 2.19. The van der Waals surface area contributed by atoms with Crippen LogP contribution in [0.2, 0.25) is 0 Å². The van der Waals surface area contributed by atoms with Crippen LogP contribution in [-0.4, -0.2) is 63.9 Å². The lowest BCUT2D eigenvalue weighted by Crippen LogP contribution is -2.36. The summed E-state index contributed by atoms with van der Waals surface area (Å²) in [6.07, 6.45) is 8.66. The number of aryl methyl sites for hydroxylation is 1. The van der Waals surface area contributed by atoms with Gasteiger partial charge < -0.3 is 10.1 Å². The van der Waals surface area contributed by atoms with Crippen LogP contribution in [0.3, 0.4) is 0 Å². The van der Waals surface area contributed by atoms with Gasteiger partial charge in [0.05, 0.1) is 26.3 Å². The van der Waals surface area contributed by atoms with Crippen LogP contribution < -0.4 is 5.32 Å². The van der Waals surface area contributed by atoms with E-state index in [1.165, 1.54) is 31.3 Å². The lowest BCUT2D eigenvalue weighted by atomic mass is 9.97. The highest BCUT2D eigenvalue weighted by atomic mass is 16.5. The quantitative estimate of drug-likeness (QED) is 0.703. The molecule has 0 spiro atoms. The summed E-state index contributed by atoms with van der Waals surface area (Å²) in [4.78, 5) is 14.3. The van der Waals surface area contributed by atoms with Crippen molar-refractivity contribution in [3.8, 4) is 0 Å². The standard InChI is InChI=1S/C17H28N6O2/c24-17(18-8-6-15-4-2-1-3-5-15)7-9-23-16(19-20-21-23)14-22-10-12-25-13-11-22/h4H,1-3,5-14H2,(H,18,24). The fourth-order valence-electron chi connectivity index (χ4n) is 3.26. The minimum Gasteiger partial charge on any atom is -0.379 e. The largest absolute Gasteiger partial charge is 0.379 e. The first-order valence-corrected chi connectivity index (χ1v) is 9.31. The van der Waals surface area contributed by atoms with Gasteiger partial charge in [-0.3, -0.25) is 9.69 Å². The summed E-state index contributed by atoms with van der Waals surface area (Å²) in [5.41, 5.74) is 1.49. The molecule has 0 radical (unpaired) electrons. The number of aromatic nitrogens is 4. The van der Waals surface area contributed by atoms with Crippen LogP contribution in [0.4, 0.5) is 0 Å². The minimum atomic E-state index is 0.0595. The smallest absolute Gasteiger partial charge is 0.221 e. The predicted octanol–water partition coefficient (Wildman–Crippen LogP) is 0.902. The molecule has 2 aliphatic rings. The van der Waals surface area contributed by atoms with E-state index in [4.69, 9.17) is 4.74 Å². The van der Waals surface area contributed by atoms with Gasteiger partial charge in [-0.25, -0.2) is 4.68 Å². The Morgan fingerprint density at radius 2 is 2.16 bits per heavy atom. The van der Waals surface area contributed by atoms with Gasteiger partial charge in [0, 0.05) is 26.1 Å². The number of carbonyl (C=O) groups is 1. The average molecular weight is 348 g/mol. The summed E-state index contributed by atoms with van der Waals surface area (Å²) < 4.78 is 7.09. The molecule has 3 rings (SSSR count). The molecule has 0 aromatic carbocycles. The van der Waals surface area contributed by atoms with Crippen molar-refractivity contribution in [2.75, 3.05) is 32.8 Å². The van der Waals surface area contributed by atoms with Crippen molar-refractivity contribution < 1.29 is 9.53 Å². The zero-order valence-corrected chi connectivity index (χ0v) is 14.8. The molecular weight excluding hydrogens is 320 g/mol. The number of nitrogens with zero attached hydrogens (tertiary/aromatic N) is 5. The van der Waals surface area contributed by atoms with Gasteiger partial charge in [0.2, 0.25) is 5.91 Å². The number of hydrogen-bond acceptors (Lipinski definition) is 6. The van der Waals surface area contributed by atoms with Gasteiger partial charge in [0.15, 0.2) is 5.82 Å². The minimum absolute atomic E-state index is 0.0595. The number of carbonyl (C=O) groups excluding carboxylic acids is 1. The lowest BCUT2D eigenvalue weighted by molar-refractivity contribution is -0.121. The molecule has 8 nitrogen and oxygen atoms in total. The predicted molar refractivity (Wildman–Crippen MR) is 92.7 cm³/mol. The Kier molecular flexibility index (Phi) is 6.93. The van der Waals surface area contributed by atoms with Gasteiger partial charge in [-0.1, -0.05) is 11.6 Å². The fourth-order valence-corrected chi connectivity index (χ4v) is 3.26. The van der Waals surface area contributed by atoms with Crippen LogP contribution >= 0.6 is 0 Å². The van der Waals surface area contributed by atoms with E-state index in [2.05, 4.69) is 31.8 Å². The zero-order chi connectivity index (χ0) is 17.3. The number of hydrogen-bond donors (Lipinski definition) is 1. The van der Waals surface area contributed by atoms with Gasteiger partial charge in [-0.2, -0.15) is 0 Å². The summed E-state index contributed by atoms with van der Waals surface area (Å²) in [7, 11) is 0. The summed E-state index contributed by atoms with van der Waals surface area (Å²) in [5, 5.41) is 14.9. The van der Waals surface area contributed by atoms with E-state index < -0.39 is 0 Å². The van der Waals surface area contributed by atoms with E-state index in [9.17, 15) is 4.79 Å². The number of amides is 1. The Balaban J connectivity index is 1.37. The molecule has 1 N–H and O–H groups in total. The van der Waals surface area contributed by atoms with Crippen molar-refractivity contribution in [1.82, 2.24) is 30.4 Å². The molecule has 1 aromatic heterocycles. The second-order valence-corrected chi connectivity index (χ2v) is 6.66. The maximum Gasteiger partial charge on any atom is 0.221 e. The number of tetrazole rings is 1. The number of ether oxygens (including phenoxy) is 1. The van der Waals surface area contributed by atoms with Gasteiger partial charge in [0.1, 0.15) is 0 Å². The molecule has 8 heteroatoms. The topological polar surface area (TPSA) is 85.2 Å². The number of morpholine rings is 1. The SMILES string of the molecule is O=C(CCn1nnnc1CN1CCOCC1)NCCC1=CCCCC1. The molecule has 2 heterocycles. The van der Waals surface area contributed by atoms with Crippen molar-refractivity contribution >= 4 is 5.91 Å². The van der Waals surface area contributed by atoms with E-state index in [0.29, 0.717) is 19.5 Å². The first-order chi connectivity index (χ1) is 12.3. The van der Waals surface area contributed by atoms with Crippen LogP contribution in [0, 0.1) is 0 Å². The normalized spacial score (nSPS) is 18.8. The van der Waals surface area contributed by atoms with Gasteiger partial charge >= 0.3 is 0 Å². The summed E-state index contributed by atoms with van der Waals surface area (Å²) >= 11 is 0. The third-order valence-corrected chi connectivity index (χ3v) is 4.78. The second-order valence-electron chi connectivity index (χ2n) is 6.66. The molecule has 0 unspecified atom stereocenters. The van der Waals surface area contributed by atoms with Crippen LogP contribution in [0.25, 0.3) is 0 Å². The van der Waals surface area contributed by atoms with Gasteiger partial charge in [-0.15, -0.1) is 5.10 Å². The third-order valence-electron chi connectivity index (χ3n) is 4.78. The molecule has 1 saturated heterocycles. The molecular formula is C17H28N6O2. The van der Waals surface area contributed by atoms with Crippen LogP contribution in [0.1, 0.15) is 44.3 Å². The first kappa shape index (κ1) is 18.0.